The standard InChI is InChI=1S/C22H21F3N2O4S/c1-2-32(29,30)26-12-10-16(14-26)27-13-11-18-19(21(27)28)4-3-5-20(18)31-17-8-6-15(7-9-17)22(23,24)25/h2-9,16H,1,10-14H2. The van der Waals surface area contributed by atoms with Gasteiger partial charge in [0.2, 0.25) is 10.0 Å². The summed E-state index contributed by atoms with van der Waals surface area (Å²) in [5.74, 6) is 0.437. The Kier molecular flexibility index (Phi) is 5.76. The molecule has 2 aromatic carbocycles. The van der Waals surface area contributed by atoms with Gasteiger partial charge in [-0.15, -0.1) is 0 Å². The Morgan fingerprint density at radius 1 is 1.09 bits per heavy atom. The van der Waals surface area contributed by atoms with E-state index in [0.29, 0.717) is 42.8 Å². The molecule has 32 heavy (non-hydrogen) atoms. The fourth-order valence-corrected chi connectivity index (χ4v) is 5.05. The molecule has 0 aliphatic carbocycles. The Bertz CT molecular complexity index is 1150. The number of nitrogens with zero attached hydrogens (tertiary/aromatic N) is 2. The van der Waals surface area contributed by atoms with Crippen molar-refractivity contribution >= 4 is 15.9 Å². The van der Waals surface area contributed by atoms with E-state index in [0.717, 1.165) is 17.5 Å². The maximum atomic E-state index is 13.1. The summed E-state index contributed by atoms with van der Waals surface area (Å²) in [6, 6.07) is 9.15. The van der Waals surface area contributed by atoms with Crippen molar-refractivity contribution in [3.05, 3.63) is 71.1 Å². The average molecular weight is 466 g/mol. The van der Waals surface area contributed by atoms with Gasteiger partial charge in [0.05, 0.1) is 5.56 Å². The summed E-state index contributed by atoms with van der Waals surface area (Å²) in [6.45, 7) is 4.28. The van der Waals surface area contributed by atoms with Crippen molar-refractivity contribution < 1.29 is 31.1 Å². The van der Waals surface area contributed by atoms with Crippen LogP contribution in [-0.2, 0) is 22.6 Å². The highest BCUT2D eigenvalue weighted by molar-refractivity contribution is 7.92. The van der Waals surface area contributed by atoms with Crippen molar-refractivity contribution in [1.29, 1.82) is 0 Å². The Labute approximate surface area is 183 Å². The van der Waals surface area contributed by atoms with Gasteiger partial charge < -0.3 is 9.64 Å². The third-order valence-corrected chi connectivity index (χ3v) is 7.25. The summed E-state index contributed by atoms with van der Waals surface area (Å²) in [5.41, 5.74) is 0.364. The fourth-order valence-electron chi connectivity index (χ4n) is 4.10. The van der Waals surface area contributed by atoms with E-state index >= 15 is 0 Å². The van der Waals surface area contributed by atoms with Gasteiger partial charge in [-0.1, -0.05) is 12.6 Å². The third-order valence-electron chi connectivity index (χ3n) is 5.77. The first-order chi connectivity index (χ1) is 15.1. The molecule has 1 fully saturated rings. The van der Waals surface area contributed by atoms with Crippen molar-refractivity contribution in [3.8, 4) is 11.5 Å². The van der Waals surface area contributed by atoms with E-state index in [9.17, 15) is 26.4 Å². The number of carbonyl (C=O) groups is 1. The van der Waals surface area contributed by atoms with Crippen molar-refractivity contribution in [2.75, 3.05) is 19.6 Å². The zero-order chi connectivity index (χ0) is 23.1. The lowest BCUT2D eigenvalue weighted by Crippen LogP contribution is -2.46. The van der Waals surface area contributed by atoms with E-state index in [2.05, 4.69) is 6.58 Å². The molecule has 2 aromatic rings. The minimum absolute atomic E-state index is 0.216. The number of ether oxygens (including phenoxy) is 1. The minimum atomic E-state index is -4.43. The minimum Gasteiger partial charge on any atom is -0.457 e. The molecule has 0 saturated carbocycles. The summed E-state index contributed by atoms with van der Waals surface area (Å²) < 4.78 is 69.5. The van der Waals surface area contributed by atoms with Crippen LogP contribution in [0.4, 0.5) is 13.2 Å². The molecule has 0 aromatic heterocycles. The lowest BCUT2D eigenvalue weighted by molar-refractivity contribution is -0.137. The molecule has 1 amide bonds. The van der Waals surface area contributed by atoms with Crippen LogP contribution >= 0.6 is 0 Å². The zero-order valence-electron chi connectivity index (χ0n) is 17.0. The van der Waals surface area contributed by atoms with Crippen LogP contribution in [0.15, 0.2) is 54.5 Å². The number of sulfonamides is 1. The van der Waals surface area contributed by atoms with Crippen LogP contribution < -0.4 is 4.74 Å². The van der Waals surface area contributed by atoms with E-state index < -0.39 is 21.8 Å². The first-order valence-electron chi connectivity index (χ1n) is 10.0. The summed E-state index contributed by atoms with van der Waals surface area (Å²) in [5, 5.41) is 0.910. The van der Waals surface area contributed by atoms with Gasteiger partial charge in [-0.2, -0.15) is 17.5 Å². The van der Waals surface area contributed by atoms with Gasteiger partial charge in [0.15, 0.2) is 0 Å². The van der Waals surface area contributed by atoms with Crippen LogP contribution in [0.1, 0.15) is 27.9 Å². The molecule has 0 radical (unpaired) electrons. The van der Waals surface area contributed by atoms with E-state index in [1.54, 1.807) is 23.1 Å². The molecular formula is C22H21F3N2O4S. The van der Waals surface area contributed by atoms with Gasteiger partial charge in [-0.3, -0.25) is 4.79 Å². The van der Waals surface area contributed by atoms with Crippen molar-refractivity contribution in [1.82, 2.24) is 9.21 Å². The third kappa shape index (κ3) is 4.24. The van der Waals surface area contributed by atoms with E-state index in [-0.39, 0.29) is 24.2 Å². The smallest absolute Gasteiger partial charge is 0.416 e. The molecule has 1 unspecified atom stereocenters. The van der Waals surface area contributed by atoms with Crippen molar-refractivity contribution in [2.24, 2.45) is 0 Å². The van der Waals surface area contributed by atoms with Crippen LogP contribution in [0.5, 0.6) is 11.5 Å². The molecule has 2 aliphatic rings. The predicted octanol–water partition coefficient (Wildman–Crippen LogP) is 4.04. The molecule has 170 valence electrons. The summed E-state index contributed by atoms with van der Waals surface area (Å²) in [4.78, 5) is 14.8. The molecule has 1 saturated heterocycles. The Morgan fingerprint density at radius 3 is 2.47 bits per heavy atom. The second-order valence-corrected chi connectivity index (χ2v) is 9.55. The van der Waals surface area contributed by atoms with Crippen molar-refractivity contribution in [3.63, 3.8) is 0 Å². The quantitative estimate of drug-likeness (QED) is 0.667. The Balaban J connectivity index is 1.52. The first kappa shape index (κ1) is 22.3. The van der Waals surface area contributed by atoms with E-state index in [1.165, 1.54) is 16.4 Å². The number of fused-ring (bicyclic) bond motifs is 1. The van der Waals surface area contributed by atoms with Crippen LogP contribution in [0.2, 0.25) is 0 Å². The summed E-state index contributed by atoms with van der Waals surface area (Å²) >= 11 is 0. The molecular weight excluding hydrogens is 445 g/mol. The molecule has 2 aliphatic heterocycles. The van der Waals surface area contributed by atoms with Gasteiger partial charge in [-0.25, -0.2) is 8.42 Å². The Morgan fingerprint density at radius 2 is 1.81 bits per heavy atom. The van der Waals surface area contributed by atoms with Crippen LogP contribution in [0.25, 0.3) is 0 Å². The van der Waals surface area contributed by atoms with E-state index in [4.69, 9.17) is 4.74 Å². The first-order valence-corrected chi connectivity index (χ1v) is 11.5. The molecule has 0 spiro atoms. The topological polar surface area (TPSA) is 66.9 Å². The lowest BCUT2D eigenvalue weighted by Gasteiger charge is -2.34. The number of rotatable bonds is 5. The zero-order valence-corrected chi connectivity index (χ0v) is 17.8. The average Bonchev–Trinajstić information content (AvgIpc) is 3.25. The second-order valence-electron chi connectivity index (χ2n) is 7.67. The summed E-state index contributed by atoms with van der Waals surface area (Å²) in [6.07, 6.45) is -3.40. The molecule has 0 bridgehead atoms. The SMILES string of the molecule is C=CS(=O)(=O)N1CCC(N2CCc3c(Oc4ccc(C(F)(F)F)cc4)cccc3C2=O)C1. The fraction of sp³-hybridized carbons (Fsp3) is 0.318. The highest BCUT2D eigenvalue weighted by atomic mass is 32.2. The predicted molar refractivity (Wildman–Crippen MR) is 112 cm³/mol. The van der Waals surface area contributed by atoms with Crippen LogP contribution in [0.3, 0.4) is 0 Å². The van der Waals surface area contributed by atoms with Gasteiger partial charge >= 0.3 is 6.18 Å². The molecule has 10 heteroatoms. The van der Waals surface area contributed by atoms with Crippen LogP contribution in [-0.4, -0.2) is 49.2 Å². The van der Waals surface area contributed by atoms with Crippen LogP contribution in [0, 0.1) is 0 Å². The molecule has 1 atom stereocenters. The van der Waals surface area contributed by atoms with Crippen molar-refractivity contribution in [2.45, 2.75) is 25.1 Å². The van der Waals surface area contributed by atoms with Gasteiger partial charge in [0.25, 0.3) is 5.91 Å². The monoisotopic (exact) mass is 466 g/mol. The second kappa shape index (κ2) is 8.25. The highest BCUT2D eigenvalue weighted by Crippen LogP contribution is 2.35. The number of hydrogen-bond acceptors (Lipinski definition) is 4. The number of amides is 1. The molecule has 0 N–H and O–H groups in total. The Hall–Kier alpha value is -2.85. The number of halogens is 3. The normalized spacial score (nSPS) is 19.7. The lowest BCUT2D eigenvalue weighted by atomic mass is 9.96. The maximum Gasteiger partial charge on any atom is 0.416 e. The van der Waals surface area contributed by atoms with Gasteiger partial charge in [0, 0.05) is 42.2 Å². The van der Waals surface area contributed by atoms with E-state index in [1.807, 2.05) is 0 Å². The summed E-state index contributed by atoms with van der Waals surface area (Å²) in [7, 11) is -3.53. The maximum absolute atomic E-state index is 13.1. The number of alkyl halides is 3. The number of hydrogen-bond donors (Lipinski definition) is 0. The van der Waals surface area contributed by atoms with Gasteiger partial charge in [-0.05, 0) is 49.2 Å². The number of carbonyl (C=O) groups excluding carboxylic acids is 1. The highest BCUT2D eigenvalue weighted by Gasteiger charge is 2.38. The molecule has 2 heterocycles. The van der Waals surface area contributed by atoms with Gasteiger partial charge in [0.1, 0.15) is 11.5 Å². The largest absolute Gasteiger partial charge is 0.457 e. The molecule has 4 rings (SSSR count). The number of benzene rings is 2. The molecule has 6 nitrogen and oxygen atoms in total.